The van der Waals surface area contributed by atoms with E-state index in [0.29, 0.717) is 4.80 Å². The van der Waals surface area contributed by atoms with Crippen LogP contribution in [0.25, 0.3) is 10.2 Å². The largest absolute Gasteiger partial charge is 0.468 e. The van der Waals surface area contributed by atoms with Crippen molar-refractivity contribution in [3.05, 3.63) is 58.4 Å². The summed E-state index contributed by atoms with van der Waals surface area (Å²) in [6.07, 6.45) is 3.09. The summed E-state index contributed by atoms with van der Waals surface area (Å²) in [6.45, 7) is 3.55. The van der Waals surface area contributed by atoms with E-state index in [1.54, 1.807) is 16.7 Å². The molecule has 3 rings (SSSR count). The maximum absolute atomic E-state index is 13.0. The number of hydrogen-bond donors (Lipinski definition) is 0. The molecule has 2 aromatic carbocycles. The number of carbonyl (C=O) groups is 2. The number of methoxy groups -OCH3 is 1. The van der Waals surface area contributed by atoms with E-state index < -0.39 is 21.7 Å². The van der Waals surface area contributed by atoms with E-state index in [-0.39, 0.29) is 22.8 Å². The van der Waals surface area contributed by atoms with Crippen LogP contribution in [0.3, 0.4) is 0 Å². The summed E-state index contributed by atoms with van der Waals surface area (Å²) in [4.78, 5) is 29.5. The third-order valence-corrected chi connectivity index (χ3v) is 7.94. The Hall–Kier alpha value is -2.78. The van der Waals surface area contributed by atoms with Gasteiger partial charge in [0.05, 0.1) is 33.5 Å². The minimum absolute atomic E-state index is 0.0139. The van der Waals surface area contributed by atoms with Crippen LogP contribution in [0.5, 0.6) is 0 Å². The number of aromatic nitrogens is 1. The fraction of sp³-hybridized carbons (Fsp3) is 0.348. The van der Waals surface area contributed by atoms with Crippen molar-refractivity contribution < 1.29 is 22.7 Å². The number of nitrogens with zero attached hydrogens (tertiary/aromatic N) is 2. The molecule has 0 aliphatic carbocycles. The monoisotopic (exact) mass is 474 g/mol. The zero-order chi connectivity index (χ0) is 23.3. The second-order valence-corrected chi connectivity index (χ2v) is 10.5. The maximum Gasteiger partial charge on any atom is 0.325 e. The minimum atomic E-state index is -3.60. The molecule has 0 radical (unpaired) electrons. The first-order chi connectivity index (χ1) is 15.3. The van der Waals surface area contributed by atoms with Gasteiger partial charge in [0.25, 0.3) is 5.91 Å². The molecule has 0 bridgehead atoms. The first-order valence-corrected chi connectivity index (χ1v) is 12.9. The van der Waals surface area contributed by atoms with Gasteiger partial charge in [-0.15, -0.1) is 0 Å². The van der Waals surface area contributed by atoms with Crippen molar-refractivity contribution in [2.75, 3.05) is 12.9 Å². The fourth-order valence-electron chi connectivity index (χ4n) is 3.30. The van der Waals surface area contributed by atoms with E-state index in [4.69, 9.17) is 4.74 Å². The van der Waals surface area contributed by atoms with Crippen molar-refractivity contribution in [2.24, 2.45) is 4.99 Å². The van der Waals surface area contributed by atoms with Gasteiger partial charge in [-0.1, -0.05) is 49.8 Å². The highest BCUT2D eigenvalue weighted by atomic mass is 32.2. The lowest BCUT2D eigenvalue weighted by molar-refractivity contribution is -0.141. The normalized spacial score (nSPS) is 12.3. The van der Waals surface area contributed by atoms with Crippen LogP contribution in [-0.4, -0.2) is 37.7 Å². The Kier molecular flexibility index (Phi) is 7.63. The van der Waals surface area contributed by atoms with Gasteiger partial charge < -0.3 is 9.30 Å². The van der Waals surface area contributed by atoms with E-state index in [9.17, 15) is 18.0 Å². The highest BCUT2D eigenvalue weighted by molar-refractivity contribution is 7.91. The van der Waals surface area contributed by atoms with Gasteiger partial charge in [-0.05, 0) is 42.7 Å². The van der Waals surface area contributed by atoms with Crippen molar-refractivity contribution in [1.29, 1.82) is 0 Å². The number of sulfone groups is 1. The molecule has 0 unspecified atom stereocenters. The first kappa shape index (κ1) is 23.9. The van der Waals surface area contributed by atoms with Crippen molar-refractivity contribution >= 4 is 43.3 Å². The van der Waals surface area contributed by atoms with E-state index in [2.05, 4.69) is 11.9 Å². The molecule has 9 heteroatoms. The Morgan fingerprint density at radius 1 is 1.12 bits per heavy atom. The average molecular weight is 475 g/mol. The number of fused-ring (bicyclic) bond motifs is 1. The van der Waals surface area contributed by atoms with Crippen molar-refractivity contribution in [3.63, 3.8) is 0 Å². The smallest absolute Gasteiger partial charge is 0.325 e. The number of unbranched alkanes of at least 4 members (excludes halogenated alkanes) is 1. The second kappa shape index (κ2) is 10.2. The molecular weight excluding hydrogens is 448 g/mol. The summed E-state index contributed by atoms with van der Waals surface area (Å²) in [7, 11) is -2.30. The molecule has 0 saturated heterocycles. The number of thiazole rings is 1. The molecule has 1 aromatic heterocycles. The van der Waals surface area contributed by atoms with Crippen LogP contribution in [0.4, 0.5) is 0 Å². The first-order valence-electron chi connectivity index (χ1n) is 10.4. The van der Waals surface area contributed by atoms with Gasteiger partial charge in [0.2, 0.25) is 0 Å². The van der Waals surface area contributed by atoms with Gasteiger partial charge in [-0.3, -0.25) is 9.59 Å². The summed E-state index contributed by atoms with van der Waals surface area (Å²) in [6, 6.07) is 12.0. The molecule has 7 nitrogen and oxygen atoms in total. The van der Waals surface area contributed by atoms with Crippen LogP contribution in [-0.2, 0) is 32.3 Å². The molecule has 0 saturated carbocycles. The number of benzene rings is 2. The number of aryl methyl sites for hydroxylation is 1. The topological polar surface area (TPSA) is 94.8 Å². The van der Waals surface area contributed by atoms with E-state index in [1.807, 2.05) is 18.2 Å². The molecule has 0 spiro atoms. The predicted molar refractivity (Wildman–Crippen MR) is 125 cm³/mol. The van der Waals surface area contributed by atoms with Gasteiger partial charge in [0.1, 0.15) is 6.54 Å². The number of esters is 1. The SMILES string of the molecule is CCCCc1ccc2c(c1)sc(=NC(=O)c1ccccc1S(=O)(=O)CC)n2CC(=O)OC. The van der Waals surface area contributed by atoms with Gasteiger partial charge in [0.15, 0.2) is 14.6 Å². The summed E-state index contributed by atoms with van der Waals surface area (Å²) in [5, 5.41) is 0. The van der Waals surface area contributed by atoms with Gasteiger partial charge >= 0.3 is 5.97 Å². The summed E-state index contributed by atoms with van der Waals surface area (Å²) >= 11 is 1.28. The standard InChI is InChI=1S/C23H26N2O5S2/c1-4-6-9-16-12-13-18-19(14-16)31-23(25(18)15-21(26)30-3)24-22(27)17-10-7-8-11-20(17)32(28,29)5-2/h7-8,10-14H,4-6,9,15H2,1-3H3. The Labute approximate surface area is 191 Å². The lowest BCUT2D eigenvalue weighted by Gasteiger charge is -2.06. The van der Waals surface area contributed by atoms with Gasteiger partial charge in [-0.25, -0.2) is 8.42 Å². The zero-order valence-electron chi connectivity index (χ0n) is 18.3. The quantitative estimate of drug-likeness (QED) is 0.464. The highest BCUT2D eigenvalue weighted by Gasteiger charge is 2.21. The Balaban J connectivity index is 2.15. The highest BCUT2D eigenvalue weighted by Crippen LogP contribution is 2.22. The van der Waals surface area contributed by atoms with Crippen LogP contribution in [0.1, 0.15) is 42.6 Å². The molecule has 0 aliphatic rings. The molecular formula is C23H26N2O5S2. The molecule has 32 heavy (non-hydrogen) atoms. The number of ether oxygens (including phenoxy) is 1. The van der Waals surface area contributed by atoms with E-state index >= 15 is 0 Å². The third kappa shape index (κ3) is 5.16. The zero-order valence-corrected chi connectivity index (χ0v) is 20.0. The fourth-order valence-corrected chi connectivity index (χ4v) is 5.48. The number of carbonyl (C=O) groups excluding carboxylic acids is 2. The third-order valence-electron chi connectivity index (χ3n) is 5.11. The van der Waals surface area contributed by atoms with Crippen LogP contribution < -0.4 is 4.80 Å². The van der Waals surface area contributed by atoms with Gasteiger partial charge in [-0.2, -0.15) is 4.99 Å². The Morgan fingerprint density at radius 2 is 1.88 bits per heavy atom. The lowest BCUT2D eigenvalue weighted by atomic mass is 10.1. The van der Waals surface area contributed by atoms with Crippen molar-refractivity contribution in [3.8, 4) is 0 Å². The molecule has 3 aromatic rings. The second-order valence-electron chi connectivity index (χ2n) is 7.27. The minimum Gasteiger partial charge on any atom is -0.468 e. The van der Waals surface area contributed by atoms with Crippen molar-refractivity contribution in [2.45, 2.75) is 44.6 Å². The predicted octanol–water partition coefficient (Wildman–Crippen LogP) is 3.75. The Bertz CT molecular complexity index is 1320. The van der Waals surface area contributed by atoms with Crippen molar-refractivity contribution in [1.82, 2.24) is 4.57 Å². The average Bonchev–Trinajstić information content (AvgIpc) is 3.13. The Morgan fingerprint density at radius 3 is 2.56 bits per heavy atom. The maximum atomic E-state index is 13.0. The number of hydrogen-bond acceptors (Lipinski definition) is 6. The molecule has 170 valence electrons. The summed E-state index contributed by atoms with van der Waals surface area (Å²) in [5.41, 5.74) is 1.95. The molecule has 0 atom stereocenters. The molecule has 0 fully saturated rings. The summed E-state index contributed by atoms with van der Waals surface area (Å²) < 4.78 is 32.2. The lowest BCUT2D eigenvalue weighted by Crippen LogP contribution is -2.22. The molecule has 1 heterocycles. The van der Waals surface area contributed by atoms with Crippen LogP contribution in [0.15, 0.2) is 52.4 Å². The van der Waals surface area contributed by atoms with Crippen LogP contribution in [0, 0.1) is 0 Å². The number of amides is 1. The molecule has 0 N–H and O–H groups in total. The van der Waals surface area contributed by atoms with Crippen LogP contribution in [0.2, 0.25) is 0 Å². The molecule has 0 aliphatic heterocycles. The van der Waals surface area contributed by atoms with Gasteiger partial charge in [0, 0.05) is 0 Å². The van der Waals surface area contributed by atoms with Crippen LogP contribution >= 0.6 is 11.3 Å². The number of rotatable bonds is 8. The molecule has 1 amide bonds. The van der Waals surface area contributed by atoms with E-state index in [1.165, 1.54) is 43.1 Å². The summed E-state index contributed by atoms with van der Waals surface area (Å²) in [5.74, 6) is -1.26. The van der Waals surface area contributed by atoms with E-state index in [0.717, 1.165) is 29.5 Å².